The van der Waals surface area contributed by atoms with E-state index >= 15 is 0 Å². The predicted octanol–water partition coefficient (Wildman–Crippen LogP) is 1.63. The van der Waals surface area contributed by atoms with Crippen LogP contribution in [0.15, 0.2) is 24.3 Å². The molecule has 1 amide bonds. The number of hydrogen-bond acceptors (Lipinski definition) is 3. The van der Waals surface area contributed by atoms with Gasteiger partial charge in [0.05, 0.1) is 0 Å². The van der Waals surface area contributed by atoms with Crippen LogP contribution in [0, 0.1) is 0 Å². The summed E-state index contributed by atoms with van der Waals surface area (Å²) in [6.45, 7) is 3.83. The molecule has 1 aromatic carbocycles. The number of esters is 1. The van der Waals surface area contributed by atoms with Crippen molar-refractivity contribution in [1.82, 2.24) is 0 Å². The number of fused-ring (bicyclic) bond motifs is 2. The van der Waals surface area contributed by atoms with Crippen molar-refractivity contribution in [2.45, 2.75) is 31.8 Å². The van der Waals surface area contributed by atoms with E-state index in [4.69, 9.17) is 4.74 Å². The van der Waals surface area contributed by atoms with Crippen molar-refractivity contribution in [2.24, 2.45) is 0 Å². The third kappa shape index (κ3) is 1.32. The number of benzene rings is 1. The van der Waals surface area contributed by atoms with Gasteiger partial charge in [0.25, 0.3) is 0 Å². The smallest absolute Gasteiger partial charge is 0.318 e. The van der Waals surface area contributed by atoms with E-state index in [1.807, 2.05) is 31.2 Å². The van der Waals surface area contributed by atoms with Gasteiger partial charge in [-0.1, -0.05) is 18.2 Å². The number of anilines is 1. The summed E-state index contributed by atoms with van der Waals surface area (Å²) in [6, 6.07) is 7.61. The maximum Gasteiger partial charge on any atom is 0.318 e. The Bertz CT molecular complexity index is 540. The van der Waals surface area contributed by atoms with Crippen LogP contribution >= 0.6 is 0 Å². The molecule has 0 bridgehead atoms. The summed E-state index contributed by atoms with van der Waals surface area (Å²) in [7, 11) is 0. The number of rotatable bonds is 0. The fraction of sp³-hybridized carbons (Fsp3) is 0.429. The number of nitrogens with zero attached hydrogens (tertiary/aromatic N) is 1. The number of carbonyl (C=O) groups excluding carboxylic acids is 2. The molecule has 1 aromatic rings. The van der Waals surface area contributed by atoms with Gasteiger partial charge in [-0.05, 0) is 18.6 Å². The molecule has 1 spiro atoms. The Hall–Kier alpha value is -1.84. The lowest BCUT2D eigenvalue weighted by atomic mass is 9.80. The number of cyclic esters (lactones) is 1. The zero-order valence-electron chi connectivity index (χ0n) is 10.5. The second-order valence-electron chi connectivity index (χ2n) is 5.12. The van der Waals surface area contributed by atoms with Gasteiger partial charge in [-0.2, -0.15) is 0 Å². The van der Waals surface area contributed by atoms with E-state index in [9.17, 15) is 9.59 Å². The maximum atomic E-state index is 12.2. The van der Waals surface area contributed by atoms with Crippen molar-refractivity contribution in [1.29, 1.82) is 0 Å². The third-order valence-corrected chi connectivity index (χ3v) is 3.85. The Morgan fingerprint density at radius 3 is 2.78 bits per heavy atom. The SMILES string of the molecule is CC(=O)N1CC2(CC(C)OC2=O)c2ccccc21. The zero-order chi connectivity index (χ0) is 12.9. The normalized spacial score (nSPS) is 29.6. The first kappa shape index (κ1) is 11.3. The summed E-state index contributed by atoms with van der Waals surface area (Å²) in [5, 5.41) is 0. The highest BCUT2D eigenvalue weighted by Crippen LogP contribution is 2.47. The molecule has 0 aromatic heterocycles. The molecule has 2 unspecified atom stereocenters. The van der Waals surface area contributed by atoms with Crippen molar-refractivity contribution in [3.05, 3.63) is 29.8 Å². The molecule has 1 saturated heterocycles. The molecule has 2 aliphatic rings. The van der Waals surface area contributed by atoms with Gasteiger partial charge in [0.2, 0.25) is 5.91 Å². The first-order valence-electron chi connectivity index (χ1n) is 6.13. The summed E-state index contributed by atoms with van der Waals surface area (Å²) in [5.74, 6) is -0.238. The fourth-order valence-electron chi connectivity index (χ4n) is 3.10. The van der Waals surface area contributed by atoms with Gasteiger partial charge in [-0.3, -0.25) is 9.59 Å². The molecule has 2 atom stereocenters. The molecule has 18 heavy (non-hydrogen) atoms. The van der Waals surface area contributed by atoms with Crippen molar-refractivity contribution < 1.29 is 14.3 Å². The lowest BCUT2D eigenvalue weighted by molar-refractivity contribution is -0.144. The molecule has 0 N–H and O–H groups in total. The summed E-state index contributed by atoms with van der Waals surface area (Å²) in [5.41, 5.74) is 1.12. The number of carbonyl (C=O) groups is 2. The van der Waals surface area contributed by atoms with E-state index in [1.165, 1.54) is 6.92 Å². The first-order chi connectivity index (χ1) is 8.54. The molecule has 0 radical (unpaired) electrons. The lowest BCUT2D eigenvalue weighted by Crippen LogP contribution is -2.39. The predicted molar refractivity (Wildman–Crippen MR) is 66.3 cm³/mol. The quantitative estimate of drug-likeness (QED) is 0.653. The Balaban J connectivity index is 2.16. The van der Waals surface area contributed by atoms with Crippen LogP contribution in [0.3, 0.4) is 0 Å². The molecule has 1 fully saturated rings. The van der Waals surface area contributed by atoms with Gasteiger partial charge in [0.15, 0.2) is 0 Å². The second kappa shape index (κ2) is 3.57. The van der Waals surface area contributed by atoms with E-state index in [1.54, 1.807) is 4.90 Å². The van der Waals surface area contributed by atoms with Crippen LogP contribution in [-0.4, -0.2) is 24.5 Å². The Labute approximate surface area is 106 Å². The monoisotopic (exact) mass is 245 g/mol. The maximum absolute atomic E-state index is 12.2. The molecule has 0 aliphatic carbocycles. The van der Waals surface area contributed by atoms with E-state index in [0.29, 0.717) is 13.0 Å². The molecule has 4 nitrogen and oxygen atoms in total. The van der Waals surface area contributed by atoms with Crippen LogP contribution in [0.1, 0.15) is 25.8 Å². The highest BCUT2D eigenvalue weighted by molar-refractivity contribution is 6.00. The van der Waals surface area contributed by atoms with Gasteiger partial charge in [0, 0.05) is 25.6 Å². The van der Waals surface area contributed by atoms with Crippen molar-refractivity contribution in [3.63, 3.8) is 0 Å². The van der Waals surface area contributed by atoms with Crippen LogP contribution in [0.2, 0.25) is 0 Å². The van der Waals surface area contributed by atoms with Gasteiger partial charge >= 0.3 is 5.97 Å². The van der Waals surface area contributed by atoms with Crippen molar-refractivity contribution in [3.8, 4) is 0 Å². The number of para-hydroxylation sites is 1. The minimum atomic E-state index is -0.651. The van der Waals surface area contributed by atoms with E-state index in [2.05, 4.69) is 0 Å². The molecule has 2 heterocycles. The van der Waals surface area contributed by atoms with Crippen LogP contribution < -0.4 is 4.90 Å². The van der Waals surface area contributed by atoms with Gasteiger partial charge in [-0.25, -0.2) is 0 Å². The Morgan fingerprint density at radius 2 is 2.17 bits per heavy atom. The summed E-state index contributed by atoms with van der Waals surface area (Å²) >= 11 is 0. The Morgan fingerprint density at radius 1 is 1.44 bits per heavy atom. The molecular weight excluding hydrogens is 230 g/mol. The highest BCUT2D eigenvalue weighted by atomic mass is 16.6. The zero-order valence-corrected chi connectivity index (χ0v) is 10.5. The first-order valence-corrected chi connectivity index (χ1v) is 6.13. The van der Waals surface area contributed by atoms with E-state index in [0.717, 1.165) is 11.3 Å². The standard InChI is InChI=1S/C14H15NO3/c1-9-7-14(13(17)18-9)8-15(10(2)16)12-6-4-3-5-11(12)14/h3-6,9H,7-8H2,1-2H3. The third-order valence-electron chi connectivity index (χ3n) is 3.85. The lowest BCUT2D eigenvalue weighted by Gasteiger charge is -2.19. The minimum absolute atomic E-state index is 0.0355. The topological polar surface area (TPSA) is 46.6 Å². The average Bonchev–Trinajstić information content (AvgIpc) is 2.80. The highest BCUT2D eigenvalue weighted by Gasteiger charge is 2.55. The van der Waals surface area contributed by atoms with Crippen LogP contribution in [-0.2, 0) is 19.7 Å². The van der Waals surface area contributed by atoms with E-state index < -0.39 is 5.41 Å². The van der Waals surface area contributed by atoms with Crippen LogP contribution in [0.4, 0.5) is 5.69 Å². The van der Waals surface area contributed by atoms with Gasteiger partial charge < -0.3 is 9.64 Å². The Kier molecular flexibility index (Phi) is 2.24. The summed E-state index contributed by atoms with van der Waals surface area (Å²) in [4.78, 5) is 25.6. The number of ether oxygens (including phenoxy) is 1. The molecule has 4 heteroatoms. The van der Waals surface area contributed by atoms with Crippen molar-refractivity contribution in [2.75, 3.05) is 11.4 Å². The van der Waals surface area contributed by atoms with E-state index in [-0.39, 0.29) is 18.0 Å². The average molecular weight is 245 g/mol. The summed E-state index contributed by atoms with van der Waals surface area (Å²) in [6.07, 6.45) is 0.560. The van der Waals surface area contributed by atoms with Gasteiger partial charge in [0.1, 0.15) is 11.5 Å². The molecular formula is C14H15NO3. The molecule has 3 rings (SSSR count). The minimum Gasteiger partial charge on any atom is -0.462 e. The largest absolute Gasteiger partial charge is 0.462 e. The molecule has 94 valence electrons. The fourth-order valence-corrected chi connectivity index (χ4v) is 3.10. The number of hydrogen-bond donors (Lipinski definition) is 0. The molecule has 2 aliphatic heterocycles. The van der Waals surface area contributed by atoms with Crippen molar-refractivity contribution >= 4 is 17.6 Å². The van der Waals surface area contributed by atoms with Crippen LogP contribution in [0.5, 0.6) is 0 Å². The van der Waals surface area contributed by atoms with Crippen LogP contribution in [0.25, 0.3) is 0 Å². The number of amides is 1. The van der Waals surface area contributed by atoms with Gasteiger partial charge in [-0.15, -0.1) is 0 Å². The second-order valence-corrected chi connectivity index (χ2v) is 5.12. The molecule has 0 saturated carbocycles. The summed E-state index contributed by atoms with van der Waals surface area (Å²) < 4.78 is 5.31.